The van der Waals surface area contributed by atoms with Crippen LogP contribution in [-0.4, -0.2) is 48.7 Å². The molecular formula is C14H24N4O. The highest BCUT2D eigenvalue weighted by Crippen LogP contribution is 2.38. The number of fused-ring (bicyclic) bond motifs is 2. The fourth-order valence-electron chi connectivity index (χ4n) is 3.63. The Bertz CT molecular complexity index is 405. The standard InChI is InChI=1S/C14H24N4O/c1-15-11-7-12-3-4-13(8-11)18(12)14-9-16-17(10-14)5-6-19-2/h9-13,15H,3-8H2,1-2H3. The molecule has 0 radical (unpaired) electrons. The van der Waals surface area contributed by atoms with Gasteiger partial charge in [-0.25, -0.2) is 0 Å². The third-order valence-corrected chi connectivity index (χ3v) is 4.58. The van der Waals surface area contributed by atoms with Crippen molar-refractivity contribution in [1.29, 1.82) is 0 Å². The average Bonchev–Trinajstić information content (AvgIpc) is 2.98. The normalized spacial score (nSPS) is 30.0. The highest BCUT2D eigenvalue weighted by atomic mass is 16.5. The van der Waals surface area contributed by atoms with Gasteiger partial charge < -0.3 is 15.0 Å². The lowest BCUT2D eigenvalue weighted by atomic mass is 9.97. The van der Waals surface area contributed by atoms with Crippen molar-refractivity contribution < 1.29 is 4.74 Å². The summed E-state index contributed by atoms with van der Waals surface area (Å²) in [7, 11) is 3.82. The lowest BCUT2D eigenvalue weighted by Crippen LogP contribution is -2.48. The molecule has 0 spiro atoms. The fourth-order valence-corrected chi connectivity index (χ4v) is 3.63. The molecule has 0 aliphatic carbocycles. The van der Waals surface area contributed by atoms with Gasteiger partial charge in [0.25, 0.3) is 0 Å². The topological polar surface area (TPSA) is 42.3 Å². The molecular weight excluding hydrogens is 240 g/mol. The van der Waals surface area contributed by atoms with Crippen LogP contribution in [0.1, 0.15) is 25.7 Å². The maximum absolute atomic E-state index is 5.10. The van der Waals surface area contributed by atoms with Crippen molar-refractivity contribution >= 4 is 5.69 Å². The Morgan fingerprint density at radius 1 is 1.37 bits per heavy atom. The number of nitrogens with one attached hydrogen (secondary N) is 1. The molecule has 3 heterocycles. The van der Waals surface area contributed by atoms with Crippen molar-refractivity contribution in [3.8, 4) is 0 Å². The van der Waals surface area contributed by atoms with Gasteiger partial charge in [-0.1, -0.05) is 0 Å². The molecule has 1 aromatic rings. The van der Waals surface area contributed by atoms with Crippen LogP contribution in [0.4, 0.5) is 5.69 Å². The van der Waals surface area contributed by atoms with E-state index in [4.69, 9.17) is 4.74 Å². The lowest BCUT2D eigenvalue weighted by Gasteiger charge is -2.39. The molecule has 2 saturated heterocycles. The first-order valence-electron chi connectivity index (χ1n) is 7.29. The van der Waals surface area contributed by atoms with Crippen LogP contribution in [0.5, 0.6) is 0 Å². The minimum absolute atomic E-state index is 0.691. The molecule has 19 heavy (non-hydrogen) atoms. The highest BCUT2D eigenvalue weighted by molar-refractivity contribution is 5.47. The molecule has 5 heteroatoms. The van der Waals surface area contributed by atoms with E-state index < -0.39 is 0 Å². The summed E-state index contributed by atoms with van der Waals surface area (Å²) in [6, 6.07) is 2.07. The van der Waals surface area contributed by atoms with Crippen LogP contribution in [0.15, 0.2) is 12.4 Å². The van der Waals surface area contributed by atoms with Gasteiger partial charge >= 0.3 is 0 Å². The van der Waals surface area contributed by atoms with Crippen molar-refractivity contribution in [2.24, 2.45) is 0 Å². The monoisotopic (exact) mass is 264 g/mol. The van der Waals surface area contributed by atoms with E-state index >= 15 is 0 Å². The summed E-state index contributed by atoms with van der Waals surface area (Å²) in [5, 5.41) is 7.89. The SMILES string of the molecule is CNC1CC2CCC(C1)N2c1cnn(CCOC)c1. The van der Waals surface area contributed by atoms with Crippen molar-refractivity contribution in [2.75, 3.05) is 25.7 Å². The first-order chi connectivity index (χ1) is 9.31. The van der Waals surface area contributed by atoms with Gasteiger partial charge in [-0.05, 0) is 32.7 Å². The first-order valence-corrected chi connectivity index (χ1v) is 7.29. The number of ether oxygens (including phenoxy) is 1. The number of piperidine rings is 1. The van der Waals surface area contributed by atoms with E-state index in [9.17, 15) is 0 Å². The summed E-state index contributed by atoms with van der Waals surface area (Å²) in [6.07, 6.45) is 9.36. The van der Waals surface area contributed by atoms with Gasteiger partial charge in [-0.3, -0.25) is 4.68 Å². The summed E-state index contributed by atoms with van der Waals surface area (Å²) in [5.74, 6) is 0. The predicted molar refractivity (Wildman–Crippen MR) is 75.5 cm³/mol. The van der Waals surface area contributed by atoms with Gasteiger partial charge in [-0.2, -0.15) is 5.10 Å². The number of nitrogens with zero attached hydrogens (tertiary/aromatic N) is 3. The van der Waals surface area contributed by atoms with Crippen LogP contribution < -0.4 is 10.2 Å². The molecule has 0 aromatic carbocycles. The van der Waals surface area contributed by atoms with E-state index in [1.165, 1.54) is 31.4 Å². The maximum Gasteiger partial charge on any atom is 0.0757 e. The van der Waals surface area contributed by atoms with E-state index in [2.05, 4.69) is 28.6 Å². The third kappa shape index (κ3) is 2.49. The summed E-state index contributed by atoms with van der Waals surface area (Å²) < 4.78 is 7.09. The van der Waals surface area contributed by atoms with Crippen LogP contribution in [0.2, 0.25) is 0 Å². The van der Waals surface area contributed by atoms with Crippen LogP contribution in [0.3, 0.4) is 0 Å². The van der Waals surface area contributed by atoms with E-state index in [1.807, 2.05) is 10.9 Å². The minimum Gasteiger partial charge on any atom is -0.383 e. The van der Waals surface area contributed by atoms with E-state index in [0.29, 0.717) is 18.1 Å². The number of rotatable bonds is 5. The van der Waals surface area contributed by atoms with Gasteiger partial charge in [0.1, 0.15) is 0 Å². The quantitative estimate of drug-likeness (QED) is 0.869. The average molecular weight is 264 g/mol. The summed E-state index contributed by atoms with van der Waals surface area (Å²) in [5.41, 5.74) is 1.29. The number of anilines is 1. The van der Waals surface area contributed by atoms with Gasteiger partial charge in [0.2, 0.25) is 0 Å². The fraction of sp³-hybridized carbons (Fsp3) is 0.786. The molecule has 1 N–H and O–H groups in total. The number of aromatic nitrogens is 2. The van der Waals surface area contributed by atoms with Crippen LogP contribution in [-0.2, 0) is 11.3 Å². The molecule has 5 nitrogen and oxygen atoms in total. The number of methoxy groups -OCH3 is 1. The maximum atomic E-state index is 5.10. The Balaban J connectivity index is 1.71. The predicted octanol–water partition coefficient (Wildman–Crippen LogP) is 1.25. The van der Waals surface area contributed by atoms with Gasteiger partial charge in [-0.15, -0.1) is 0 Å². The Morgan fingerprint density at radius 3 is 2.74 bits per heavy atom. The molecule has 1 aromatic heterocycles. The Morgan fingerprint density at radius 2 is 2.11 bits per heavy atom. The van der Waals surface area contributed by atoms with E-state index in [1.54, 1.807) is 7.11 Å². The molecule has 0 amide bonds. The second kappa shape index (κ2) is 5.51. The van der Waals surface area contributed by atoms with Crippen LogP contribution in [0.25, 0.3) is 0 Å². The zero-order chi connectivity index (χ0) is 13.2. The second-order valence-corrected chi connectivity index (χ2v) is 5.70. The Kier molecular flexibility index (Phi) is 3.75. The Labute approximate surface area is 114 Å². The largest absolute Gasteiger partial charge is 0.383 e. The van der Waals surface area contributed by atoms with Crippen LogP contribution in [0, 0.1) is 0 Å². The number of hydrogen-bond donors (Lipinski definition) is 1. The Hall–Kier alpha value is -1.07. The molecule has 2 aliphatic heterocycles. The van der Waals surface area contributed by atoms with E-state index in [-0.39, 0.29) is 0 Å². The summed E-state index contributed by atoms with van der Waals surface area (Å²) in [4.78, 5) is 2.60. The van der Waals surface area contributed by atoms with Crippen LogP contribution >= 0.6 is 0 Å². The first kappa shape index (κ1) is 12.9. The zero-order valence-electron chi connectivity index (χ0n) is 11.9. The summed E-state index contributed by atoms with van der Waals surface area (Å²) >= 11 is 0. The van der Waals surface area contributed by atoms with Crippen molar-refractivity contribution in [3.05, 3.63) is 12.4 Å². The molecule has 2 aliphatic rings. The summed E-state index contributed by atoms with van der Waals surface area (Å²) in [6.45, 7) is 1.55. The smallest absolute Gasteiger partial charge is 0.0757 e. The van der Waals surface area contributed by atoms with Crippen molar-refractivity contribution in [1.82, 2.24) is 15.1 Å². The van der Waals surface area contributed by atoms with Crippen molar-refractivity contribution in [3.63, 3.8) is 0 Å². The molecule has 2 atom stereocenters. The van der Waals surface area contributed by atoms with Gasteiger partial charge in [0.05, 0.1) is 25.0 Å². The number of hydrogen-bond acceptors (Lipinski definition) is 4. The minimum atomic E-state index is 0.691. The third-order valence-electron chi connectivity index (χ3n) is 4.58. The lowest BCUT2D eigenvalue weighted by molar-refractivity contribution is 0.183. The van der Waals surface area contributed by atoms with E-state index in [0.717, 1.165) is 13.2 Å². The van der Waals surface area contributed by atoms with Crippen molar-refractivity contribution in [2.45, 2.75) is 50.4 Å². The second-order valence-electron chi connectivity index (χ2n) is 5.70. The molecule has 0 saturated carbocycles. The molecule has 2 unspecified atom stereocenters. The molecule has 106 valence electrons. The molecule has 2 fully saturated rings. The van der Waals surface area contributed by atoms with Gasteiger partial charge in [0.15, 0.2) is 0 Å². The van der Waals surface area contributed by atoms with Gasteiger partial charge in [0, 0.05) is 31.4 Å². The molecule has 2 bridgehead atoms. The highest BCUT2D eigenvalue weighted by Gasteiger charge is 2.40. The zero-order valence-corrected chi connectivity index (χ0v) is 11.9. The molecule has 3 rings (SSSR count).